The predicted molar refractivity (Wildman–Crippen MR) is 118 cm³/mol. The molecule has 3 N–H and O–H groups in total. The van der Waals surface area contributed by atoms with Crippen LogP contribution in [-0.2, 0) is 6.54 Å². The summed E-state index contributed by atoms with van der Waals surface area (Å²) < 4.78 is 0. The van der Waals surface area contributed by atoms with Gasteiger partial charge in [-0.3, -0.25) is 0 Å². The van der Waals surface area contributed by atoms with E-state index in [1.807, 2.05) is 0 Å². The molecule has 1 saturated heterocycles. The number of para-hydroxylation sites is 1. The summed E-state index contributed by atoms with van der Waals surface area (Å²) in [6.07, 6.45) is 2.20. The molecule has 4 aromatic rings. The van der Waals surface area contributed by atoms with Crippen LogP contribution in [0.25, 0.3) is 10.9 Å². The Labute approximate surface area is 172 Å². The lowest BCUT2D eigenvalue weighted by atomic mass is 9.96. The third kappa shape index (κ3) is 3.84. The number of quaternary nitrogens is 2. The second-order valence-corrected chi connectivity index (χ2v) is 8.20. The molecule has 2 heterocycles. The van der Waals surface area contributed by atoms with Crippen LogP contribution >= 0.6 is 0 Å². The van der Waals surface area contributed by atoms with E-state index >= 15 is 0 Å². The molecule has 0 saturated carbocycles. The maximum absolute atomic E-state index is 3.43. The van der Waals surface area contributed by atoms with Crippen LogP contribution in [0.5, 0.6) is 0 Å². The molecule has 0 aliphatic carbocycles. The van der Waals surface area contributed by atoms with E-state index in [1.165, 1.54) is 53.8 Å². The van der Waals surface area contributed by atoms with Crippen LogP contribution in [0.4, 0.5) is 0 Å². The number of nitrogens with one attached hydrogen (secondary N) is 3. The highest BCUT2D eigenvalue weighted by molar-refractivity contribution is 5.82. The molecule has 0 unspecified atom stereocenters. The van der Waals surface area contributed by atoms with Crippen molar-refractivity contribution in [2.24, 2.45) is 0 Å². The van der Waals surface area contributed by atoms with Crippen LogP contribution < -0.4 is 9.80 Å². The van der Waals surface area contributed by atoms with E-state index in [-0.39, 0.29) is 0 Å². The van der Waals surface area contributed by atoms with Crippen molar-refractivity contribution >= 4 is 10.9 Å². The molecule has 1 aliphatic rings. The maximum Gasteiger partial charge on any atom is 0.139 e. The van der Waals surface area contributed by atoms with Gasteiger partial charge in [0, 0.05) is 33.8 Å². The lowest BCUT2D eigenvalue weighted by molar-refractivity contribution is -1.03. The van der Waals surface area contributed by atoms with Crippen LogP contribution in [0.2, 0.25) is 0 Å². The summed E-state index contributed by atoms with van der Waals surface area (Å²) in [5.74, 6) is 0. The van der Waals surface area contributed by atoms with Gasteiger partial charge >= 0.3 is 0 Å². The molecule has 29 heavy (non-hydrogen) atoms. The summed E-state index contributed by atoms with van der Waals surface area (Å²) in [7, 11) is 0. The summed E-state index contributed by atoms with van der Waals surface area (Å²) in [5.41, 5.74) is 5.55. The number of piperazine rings is 1. The smallest absolute Gasteiger partial charge is 0.139 e. The number of aromatic nitrogens is 1. The maximum atomic E-state index is 3.43. The molecule has 146 valence electrons. The molecule has 5 rings (SSSR count). The van der Waals surface area contributed by atoms with E-state index in [0.29, 0.717) is 6.04 Å². The zero-order valence-corrected chi connectivity index (χ0v) is 16.8. The Kier molecular flexibility index (Phi) is 5.16. The van der Waals surface area contributed by atoms with Crippen LogP contribution in [0.15, 0.2) is 91.1 Å². The van der Waals surface area contributed by atoms with E-state index < -0.39 is 0 Å². The van der Waals surface area contributed by atoms with Gasteiger partial charge in [0.15, 0.2) is 0 Å². The summed E-state index contributed by atoms with van der Waals surface area (Å²) >= 11 is 0. The van der Waals surface area contributed by atoms with Crippen molar-refractivity contribution in [3.63, 3.8) is 0 Å². The van der Waals surface area contributed by atoms with E-state index in [4.69, 9.17) is 0 Å². The number of fused-ring (bicyclic) bond motifs is 1. The van der Waals surface area contributed by atoms with Crippen molar-refractivity contribution in [2.75, 3.05) is 26.2 Å². The van der Waals surface area contributed by atoms with Gasteiger partial charge in [-0.25, -0.2) is 0 Å². The van der Waals surface area contributed by atoms with Gasteiger partial charge in [0.25, 0.3) is 0 Å². The first-order valence-corrected chi connectivity index (χ1v) is 10.7. The molecule has 0 amide bonds. The zero-order chi connectivity index (χ0) is 19.5. The number of aromatic amines is 1. The third-order valence-corrected chi connectivity index (χ3v) is 6.39. The number of hydrogen-bond acceptors (Lipinski definition) is 0. The lowest BCUT2D eigenvalue weighted by Gasteiger charge is -2.35. The average Bonchev–Trinajstić information content (AvgIpc) is 3.20. The number of hydrogen-bond donors (Lipinski definition) is 3. The van der Waals surface area contributed by atoms with Crippen molar-refractivity contribution in [3.05, 3.63) is 108 Å². The Morgan fingerprint density at radius 2 is 1.28 bits per heavy atom. The quantitative estimate of drug-likeness (QED) is 0.471. The first kappa shape index (κ1) is 18.2. The van der Waals surface area contributed by atoms with E-state index in [9.17, 15) is 0 Å². The molecule has 0 radical (unpaired) electrons. The van der Waals surface area contributed by atoms with Crippen molar-refractivity contribution in [2.45, 2.75) is 12.6 Å². The molecule has 3 aromatic carbocycles. The molecule has 3 heteroatoms. The normalized spacial score (nSPS) is 19.6. The van der Waals surface area contributed by atoms with Crippen molar-refractivity contribution in [3.8, 4) is 0 Å². The topological polar surface area (TPSA) is 24.7 Å². The molecular formula is C26H29N3+2. The lowest BCUT2D eigenvalue weighted by Crippen LogP contribution is -3.27. The van der Waals surface area contributed by atoms with Gasteiger partial charge < -0.3 is 14.8 Å². The van der Waals surface area contributed by atoms with Crippen LogP contribution in [0.3, 0.4) is 0 Å². The van der Waals surface area contributed by atoms with Gasteiger partial charge in [0.05, 0.1) is 0 Å². The Bertz CT molecular complexity index is 1010. The fourth-order valence-corrected chi connectivity index (χ4v) is 4.89. The fourth-order valence-electron chi connectivity index (χ4n) is 4.89. The third-order valence-electron chi connectivity index (χ3n) is 6.39. The Morgan fingerprint density at radius 1 is 0.690 bits per heavy atom. The molecular weight excluding hydrogens is 354 g/mol. The fraction of sp³-hybridized carbons (Fsp3) is 0.231. The SMILES string of the molecule is c1ccc(C(c2ccccc2)[NH+]2CC[NH+](Cc3c[nH]c4ccccc34)CC2)cc1. The second-order valence-electron chi connectivity index (χ2n) is 8.20. The minimum atomic E-state index is 0.423. The Balaban J connectivity index is 1.31. The number of benzene rings is 3. The van der Waals surface area contributed by atoms with Gasteiger partial charge in [-0.2, -0.15) is 0 Å². The van der Waals surface area contributed by atoms with E-state index in [1.54, 1.807) is 9.80 Å². The minimum Gasteiger partial charge on any atom is -0.361 e. The molecule has 0 atom stereocenters. The monoisotopic (exact) mass is 383 g/mol. The first-order valence-electron chi connectivity index (χ1n) is 10.7. The molecule has 1 fully saturated rings. The summed E-state index contributed by atoms with van der Waals surface area (Å²) in [4.78, 5) is 6.81. The molecule has 3 nitrogen and oxygen atoms in total. The molecule has 0 spiro atoms. The highest BCUT2D eigenvalue weighted by Gasteiger charge is 2.31. The van der Waals surface area contributed by atoms with Crippen LogP contribution in [0.1, 0.15) is 22.7 Å². The van der Waals surface area contributed by atoms with Crippen molar-refractivity contribution < 1.29 is 9.80 Å². The number of rotatable bonds is 5. The molecule has 0 bridgehead atoms. The van der Waals surface area contributed by atoms with Gasteiger partial charge in [-0.05, 0) is 6.07 Å². The van der Waals surface area contributed by atoms with Gasteiger partial charge in [-0.1, -0.05) is 78.9 Å². The second kappa shape index (κ2) is 8.24. The number of H-pyrrole nitrogens is 1. The standard InChI is InChI=1S/C26H27N3/c1-3-9-21(10-4-1)26(22-11-5-2-6-12-22)29-17-15-28(16-18-29)20-23-19-27-25-14-8-7-13-24(23)25/h1-14,19,26-27H,15-18,20H2/p+2. The van der Waals surface area contributed by atoms with E-state index in [0.717, 1.165) is 6.54 Å². The Morgan fingerprint density at radius 3 is 1.93 bits per heavy atom. The van der Waals surface area contributed by atoms with Crippen LogP contribution in [-0.4, -0.2) is 31.2 Å². The highest BCUT2D eigenvalue weighted by Crippen LogP contribution is 2.19. The molecule has 1 aromatic heterocycles. The highest BCUT2D eigenvalue weighted by atomic mass is 15.3. The predicted octanol–water partition coefficient (Wildman–Crippen LogP) is 2.24. The Hall–Kier alpha value is -2.88. The molecule has 1 aliphatic heterocycles. The minimum absolute atomic E-state index is 0.423. The van der Waals surface area contributed by atoms with Crippen molar-refractivity contribution in [1.29, 1.82) is 0 Å². The summed E-state index contributed by atoms with van der Waals surface area (Å²) in [6, 6.07) is 31.1. The van der Waals surface area contributed by atoms with Gasteiger partial charge in [-0.15, -0.1) is 0 Å². The summed E-state index contributed by atoms with van der Waals surface area (Å²) in [5, 5.41) is 1.38. The van der Waals surface area contributed by atoms with Gasteiger partial charge in [0.2, 0.25) is 0 Å². The van der Waals surface area contributed by atoms with Gasteiger partial charge in [0.1, 0.15) is 38.8 Å². The average molecular weight is 384 g/mol. The van der Waals surface area contributed by atoms with E-state index in [2.05, 4.69) is 96.1 Å². The van der Waals surface area contributed by atoms with Crippen LogP contribution in [0, 0.1) is 0 Å². The van der Waals surface area contributed by atoms with Crippen molar-refractivity contribution in [1.82, 2.24) is 4.98 Å². The first-order chi connectivity index (χ1) is 14.4. The zero-order valence-electron chi connectivity index (χ0n) is 16.8. The largest absolute Gasteiger partial charge is 0.361 e. The summed E-state index contributed by atoms with van der Waals surface area (Å²) in [6.45, 7) is 5.94.